The fraction of sp³-hybridized carbons (Fsp3) is 0.0185. The summed E-state index contributed by atoms with van der Waals surface area (Å²) in [5, 5.41) is 4.54. The number of benzene rings is 9. The number of anilines is 3. The predicted molar refractivity (Wildman–Crippen MR) is 244 cm³/mol. The number of rotatable bonds is 10. The third-order valence-electron chi connectivity index (χ3n) is 11.0. The van der Waals surface area contributed by atoms with Crippen LogP contribution in [0.3, 0.4) is 0 Å². The van der Waals surface area contributed by atoms with Gasteiger partial charge in [-0.1, -0.05) is 146 Å². The van der Waals surface area contributed by atoms with Crippen molar-refractivity contribution in [3.63, 3.8) is 0 Å². The van der Waals surface area contributed by atoms with Crippen molar-refractivity contribution >= 4 is 62.0 Å². The number of nitrogens with zero attached hydrogens (tertiary/aromatic N) is 3. The third-order valence-corrected chi connectivity index (χ3v) is 11.0. The van der Waals surface area contributed by atoms with Crippen molar-refractivity contribution in [2.75, 3.05) is 4.90 Å². The molecule has 1 heterocycles. The van der Waals surface area contributed by atoms with Crippen LogP contribution in [-0.4, -0.2) is 11.3 Å². The molecule has 0 saturated carbocycles. The molecule has 0 radical (unpaired) electrons. The van der Waals surface area contributed by atoms with Crippen molar-refractivity contribution in [2.24, 2.45) is 4.99 Å². The smallest absolute Gasteiger partial charge is 0.153 e. The molecule has 0 aliphatic rings. The lowest BCUT2D eigenvalue weighted by Gasteiger charge is -2.26. The van der Waals surface area contributed by atoms with Crippen LogP contribution in [0, 0.1) is 0 Å². The number of hydrogen-bond donors (Lipinski definition) is 0. The van der Waals surface area contributed by atoms with Crippen molar-refractivity contribution in [3.8, 4) is 33.7 Å². The normalized spacial score (nSPS) is 11.2. The van der Waals surface area contributed by atoms with Gasteiger partial charge in [-0.2, -0.15) is 0 Å². The highest BCUT2D eigenvalue weighted by atomic mass is 16.5. The summed E-state index contributed by atoms with van der Waals surface area (Å²) in [4.78, 5) is 6.67. The second kappa shape index (κ2) is 15.1. The van der Waals surface area contributed by atoms with Crippen molar-refractivity contribution in [1.29, 1.82) is 0 Å². The number of ether oxygens (including phenoxy) is 1. The Hall–Kier alpha value is -7.69. The highest BCUT2D eigenvalue weighted by Crippen LogP contribution is 2.42. The van der Waals surface area contributed by atoms with Gasteiger partial charge in [0.25, 0.3) is 0 Å². The summed E-state index contributed by atoms with van der Waals surface area (Å²) in [5.41, 5.74) is 13.1. The van der Waals surface area contributed by atoms with Gasteiger partial charge in [0, 0.05) is 38.9 Å². The Labute approximate surface area is 338 Å². The molecule has 0 atom stereocenters. The van der Waals surface area contributed by atoms with Crippen LogP contribution in [0.2, 0.25) is 0 Å². The quantitative estimate of drug-likeness (QED) is 0.130. The number of aliphatic imine (C=N–C) groups is 1. The first-order valence-corrected chi connectivity index (χ1v) is 19.6. The van der Waals surface area contributed by atoms with Gasteiger partial charge in [0.2, 0.25) is 0 Å². The summed E-state index contributed by atoms with van der Waals surface area (Å²) in [6, 6.07) is 75.2. The lowest BCUT2D eigenvalue weighted by atomic mass is 9.99. The first-order valence-electron chi connectivity index (χ1n) is 19.6. The molecule has 1 aromatic heterocycles. The molecule has 0 spiro atoms. The summed E-state index contributed by atoms with van der Waals surface area (Å²) in [5.74, 6) is 0.739. The Morgan fingerprint density at radius 2 is 1.00 bits per heavy atom. The highest BCUT2D eigenvalue weighted by Gasteiger charge is 2.18. The maximum atomic E-state index is 6.45. The van der Waals surface area contributed by atoms with Gasteiger partial charge in [-0.3, -0.25) is 4.99 Å². The molecule has 0 aliphatic heterocycles. The molecule has 276 valence electrons. The van der Waals surface area contributed by atoms with Gasteiger partial charge in [0.15, 0.2) is 5.75 Å². The first-order chi connectivity index (χ1) is 28.7. The second-order valence-corrected chi connectivity index (χ2v) is 14.5. The Morgan fingerprint density at radius 1 is 0.448 bits per heavy atom. The lowest BCUT2D eigenvalue weighted by Crippen LogP contribution is -2.10. The summed E-state index contributed by atoms with van der Waals surface area (Å²) in [6.45, 7) is 4.29. The molecule has 0 aliphatic carbocycles. The van der Waals surface area contributed by atoms with Crippen LogP contribution < -0.4 is 9.64 Å². The first kappa shape index (κ1) is 34.8. The zero-order valence-electron chi connectivity index (χ0n) is 31.9. The van der Waals surface area contributed by atoms with E-state index in [-0.39, 0.29) is 0 Å². The van der Waals surface area contributed by atoms with E-state index in [4.69, 9.17) is 4.74 Å². The Kier molecular flexibility index (Phi) is 9.05. The number of fused-ring (bicyclic) bond motifs is 4. The molecule has 10 rings (SSSR count). The minimum atomic E-state index is 0.446. The van der Waals surface area contributed by atoms with Crippen LogP contribution in [0.5, 0.6) is 5.75 Å². The lowest BCUT2D eigenvalue weighted by molar-refractivity contribution is 0.311. The van der Waals surface area contributed by atoms with E-state index in [9.17, 15) is 0 Å². The van der Waals surface area contributed by atoms with E-state index in [1.165, 1.54) is 27.4 Å². The van der Waals surface area contributed by atoms with Crippen LogP contribution in [0.15, 0.2) is 217 Å². The molecule has 58 heavy (non-hydrogen) atoms. The molecule has 4 nitrogen and oxygen atoms in total. The maximum absolute atomic E-state index is 6.45. The van der Waals surface area contributed by atoms with Gasteiger partial charge in [-0.25, -0.2) is 0 Å². The molecule has 10 aromatic rings. The molecule has 0 bridgehead atoms. The van der Waals surface area contributed by atoms with Crippen molar-refractivity contribution in [1.82, 2.24) is 4.57 Å². The third kappa shape index (κ3) is 6.47. The van der Waals surface area contributed by atoms with E-state index in [2.05, 4.69) is 209 Å². The van der Waals surface area contributed by atoms with Gasteiger partial charge in [-0.05, 0) is 107 Å². The van der Waals surface area contributed by atoms with Gasteiger partial charge in [0.1, 0.15) is 12.3 Å². The van der Waals surface area contributed by atoms with Crippen LogP contribution in [0.25, 0.3) is 60.5 Å². The zero-order chi connectivity index (χ0) is 38.8. The van der Waals surface area contributed by atoms with Crippen molar-refractivity contribution < 1.29 is 4.74 Å². The summed E-state index contributed by atoms with van der Waals surface area (Å²) >= 11 is 0. The highest BCUT2D eigenvalue weighted by molar-refractivity contribution is 6.10. The zero-order valence-corrected chi connectivity index (χ0v) is 31.9. The molecular formula is C54H39N3O. The average Bonchev–Trinajstić information content (AvgIpc) is 3.63. The molecule has 0 amide bonds. The topological polar surface area (TPSA) is 29.8 Å². The Morgan fingerprint density at radius 3 is 1.71 bits per heavy atom. The van der Waals surface area contributed by atoms with Gasteiger partial charge >= 0.3 is 0 Å². The Bertz CT molecular complexity index is 3050. The van der Waals surface area contributed by atoms with Crippen LogP contribution in [0.4, 0.5) is 22.7 Å². The predicted octanol–water partition coefficient (Wildman–Crippen LogP) is 14.7. The van der Waals surface area contributed by atoms with E-state index >= 15 is 0 Å². The largest absolute Gasteiger partial charge is 0.486 e. The SMILES string of the molecule is C=Nc1ccc2ccc(-c3ccc(N(c4ccc(-c5ccccc5)cc4)c4ccc5c6ccccc6n(-c6ccccc6)c5c4)cc3)cc2c1OCc1ccccc1. The summed E-state index contributed by atoms with van der Waals surface area (Å²) < 4.78 is 8.82. The van der Waals surface area contributed by atoms with Crippen molar-refractivity contribution in [3.05, 3.63) is 218 Å². The van der Waals surface area contributed by atoms with Gasteiger partial charge in [0.05, 0.1) is 11.0 Å². The minimum absolute atomic E-state index is 0.446. The van der Waals surface area contributed by atoms with E-state index in [0.717, 1.165) is 67.2 Å². The fourth-order valence-electron chi connectivity index (χ4n) is 8.10. The monoisotopic (exact) mass is 745 g/mol. The van der Waals surface area contributed by atoms with E-state index < -0.39 is 0 Å². The van der Waals surface area contributed by atoms with E-state index in [1.54, 1.807) is 0 Å². The molecule has 0 unspecified atom stereocenters. The number of para-hydroxylation sites is 2. The minimum Gasteiger partial charge on any atom is -0.486 e. The Balaban J connectivity index is 1.07. The van der Waals surface area contributed by atoms with Crippen LogP contribution >= 0.6 is 0 Å². The van der Waals surface area contributed by atoms with E-state index in [0.29, 0.717) is 6.61 Å². The maximum Gasteiger partial charge on any atom is 0.153 e. The molecule has 4 heteroatoms. The molecule has 0 saturated heterocycles. The number of hydrogen-bond acceptors (Lipinski definition) is 3. The summed E-state index contributed by atoms with van der Waals surface area (Å²) in [7, 11) is 0. The fourth-order valence-corrected chi connectivity index (χ4v) is 8.10. The average molecular weight is 746 g/mol. The van der Waals surface area contributed by atoms with Crippen LogP contribution in [-0.2, 0) is 6.61 Å². The molecule has 0 fully saturated rings. The van der Waals surface area contributed by atoms with E-state index in [1.807, 2.05) is 24.3 Å². The van der Waals surface area contributed by atoms with Crippen molar-refractivity contribution in [2.45, 2.75) is 6.61 Å². The second-order valence-electron chi connectivity index (χ2n) is 14.5. The van der Waals surface area contributed by atoms with Gasteiger partial charge < -0.3 is 14.2 Å². The van der Waals surface area contributed by atoms with Gasteiger partial charge in [-0.15, -0.1) is 0 Å². The molecular weight excluding hydrogens is 707 g/mol. The van der Waals surface area contributed by atoms with Crippen LogP contribution in [0.1, 0.15) is 5.56 Å². The number of aromatic nitrogens is 1. The standard InChI is InChI=1S/C54H39N3O/c1-55-51-34-27-42-21-22-43(35-50(42)54(51)58-37-38-13-5-2-6-14-38)41-25-30-46(31-26-41)56(45-28-23-40(24-29-45)39-15-7-3-8-16-39)47-32-33-49-48-19-11-12-20-52(48)57(53(49)36-47)44-17-9-4-10-18-44/h2-36H,1,37H2. The molecule has 9 aromatic carbocycles. The summed E-state index contributed by atoms with van der Waals surface area (Å²) in [6.07, 6.45) is 0. The molecule has 0 N–H and O–H groups in total.